The van der Waals surface area contributed by atoms with Crippen LogP contribution in [0.15, 0.2) is 42.5 Å². The lowest BCUT2D eigenvalue weighted by Crippen LogP contribution is -1.93. The maximum atomic E-state index is 5.62. The summed E-state index contributed by atoms with van der Waals surface area (Å²) >= 11 is 0. The van der Waals surface area contributed by atoms with Crippen molar-refractivity contribution in [2.24, 2.45) is 0 Å². The minimum absolute atomic E-state index is 0.678. The van der Waals surface area contributed by atoms with Crippen molar-refractivity contribution >= 4 is 0 Å². The zero-order chi connectivity index (χ0) is 12.1. The number of benzene rings is 2. The summed E-state index contributed by atoms with van der Waals surface area (Å²) in [6.07, 6.45) is 1.07. The van der Waals surface area contributed by atoms with Gasteiger partial charge >= 0.3 is 0 Å². The summed E-state index contributed by atoms with van der Waals surface area (Å²) < 4.78 is 5.62. The molecule has 0 spiro atoms. The van der Waals surface area contributed by atoms with Crippen molar-refractivity contribution < 1.29 is 4.74 Å². The van der Waals surface area contributed by atoms with Gasteiger partial charge < -0.3 is 4.74 Å². The molecule has 0 N–H and O–H groups in total. The van der Waals surface area contributed by atoms with Gasteiger partial charge in [-0.05, 0) is 36.6 Å². The van der Waals surface area contributed by atoms with Gasteiger partial charge in [0, 0.05) is 5.56 Å². The molecule has 1 nitrogen and oxygen atoms in total. The molecule has 2 aromatic carbocycles. The van der Waals surface area contributed by atoms with Gasteiger partial charge in [0.05, 0.1) is 6.61 Å². The lowest BCUT2D eigenvalue weighted by Gasteiger charge is -2.10. The van der Waals surface area contributed by atoms with E-state index in [-0.39, 0.29) is 0 Å². The maximum Gasteiger partial charge on any atom is 0.127 e. The van der Waals surface area contributed by atoms with Crippen molar-refractivity contribution in [3.63, 3.8) is 0 Å². The molecule has 0 aromatic heterocycles. The molecule has 0 fully saturated rings. The number of hydrogen-bond donors (Lipinski definition) is 0. The third-order valence-electron chi connectivity index (χ3n) is 2.80. The Labute approximate surface area is 103 Å². The first-order valence-corrected chi connectivity index (χ1v) is 6.07. The Hall–Kier alpha value is -1.76. The smallest absolute Gasteiger partial charge is 0.127 e. The second-order valence-electron chi connectivity index (χ2n) is 3.91. The van der Waals surface area contributed by atoms with E-state index < -0.39 is 0 Å². The molecule has 0 aliphatic carbocycles. The lowest BCUT2D eigenvalue weighted by atomic mass is 10.0. The van der Waals surface area contributed by atoms with E-state index in [4.69, 9.17) is 4.74 Å². The van der Waals surface area contributed by atoms with Crippen molar-refractivity contribution in [2.45, 2.75) is 20.3 Å². The third kappa shape index (κ3) is 2.68. The first-order valence-electron chi connectivity index (χ1n) is 6.07. The van der Waals surface area contributed by atoms with Gasteiger partial charge in [-0.25, -0.2) is 0 Å². The SMILES string of the molecule is CCOc1c[c]ccc1-c1ccc(CC)cc1. The molecular formula is C16H17O. The Kier molecular flexibility index (Phi) is 3.81. The molecule has 87 valence electrons. The maximum absolute atomic E-state index is 5.62. The molecule has 0 aliphatic rings. The zero-order valence-corrected chi connectivity index (χ0v) is 10.4. The van der Waals surface area contributed by atoms with Gasteiger partial charge in [-0.2, -0.15) is 0 Å². The van der Waals surface area contributed by atoms with E-state index in [1.807, 2.05) is 25.1 Å². The average molecular weight is 225 g/mol. The molecule has 0 saturated carbocycles. The van der Waals surface area contributed by atoms with E-state index in [1.54, 1.807) is 0 Å². The van der Waals surface area contributed by atoms with Crippen LogP contribution in [0, 0.1) is 6.07 Å². The molecule has 0 heterocycles. The first kappa shape index (κ1) is 11.7. The standard InChI is InChI=1S/C16H17O/c1-3-13-9-11-14(12-10-13)15-7-5-6-8-16(15)17-4-2/h5,7-12H,3-4H2,1-2H3. The van der Waals surface area contributed by atoms with Crippen LogP contribution in [-0.2, 0) is 6.42 Å². The van der Waals surface area contributed by atoms with E-state index in [9.17, 15) is 0 Å². The van der Waals surface area contributed by atoms with Crippen LogP contribution >= 0.6 is 0 Å². The second-order valence-corrected chi connectivity index (χ2v) is 3.91. The molecule has 2 aromatic rings. The minimum Gasteiger partial charge on any atom is -0.493 e. The van der Waals surface area contributed by atoms with E-state index in [1.165, 1.54) is 11.1 Å². The Balaban J connectivity index is 2.37. The van der Waals surface area contributed by atoms with Crippen molar-refractivity contribution in [3.8, 4) is 16.9 Å². The monoisotopic (exact) mass is 225 g/mol. The summed E-state index contributed by atoms with van der Waals surface area (Å²) in [4.78, 5) is 0. The molecule has 17 heavy (non-hydrogen) atoms. The van der Waals surface area contributed by atoms with Crippen molar-refractivity contribution in [1.29, 1.82) is 0 Å². The van der Waals surface area contributed by atoms with Crippen LogP contribution in [0.3, 0.4) is 0 Å². The molecule has 2 rings (SSSR count). The highest BCUT2D eigenvalue weighted by atomic mass is 16.5. The molecule has 1 radical (unpaired) electrons. The summed E-state index contributed by atoms with van der Waals surface area (Å²) in [6.45, 7) is 4.84. The molecule has 0 amide bonds. The normalized spacial score (nSPS) is 10.2. The highest BCUT2D eigenvalue weighted by molar-refractivity contribution is 5.70. The first-order chi connectivity index (χ1) is 8.35. The quantitative estimate of drug-likeness (QED) is 0.760. The summed E-state index contributed by atoms with van der Waals surface area (Å²) in [7, 11) is 0. The predicted molar refractivity (Wildman–Crippen MR) is 71.3 cm³/mol. The molecule has 0 unspecified atom stereocenters. The van der Waals surface area contributed by atoms with Gasteiger partial charge in [0.15, 0.2) is 0 Å². The predicted octanol–water partition coefficient (Wildman–Crippen LogP) is 4.11. The number of aryl methyl sites for hydroxylation is 1. The minimum atomic E-state index is 0.678. The highest BCUT2D eigenvalue weighted by Gasteiger charge is 2.04. The number of hydrogen-bond acceptors (Lipinski definition) is 1. The fourth-order valence-electron chi connectivity index (χ4n) is 1.85. The summed E-state index contributed by atoms with van der Waals surface area (Å²) in [5.74, 6) is 0.902. The molecule has 1 heteroatoms. The van der Waals surface area contributed by atoms with Crippen LogP contribution in [0.2, 0.25) is 0 Å². The zero-order valence-electron chi connectivity index (χ0n) is 10.4. The fourth-order valence-corrected chi connectivity index (χ4v) is 1.85. The van der Waals surface area contributed by atoms with Crippen LogP contribution in [-0.4, -0.2) is 6.61 Å². The van der Waals surface area contributed by atoms with Gasteiger partial charge in [-0.15, -0.1) is 0 Å². The van der Waals surface area contributed by atoms with E-state index >= 15 is 0 Å². The Morgan fingerprint density at radius 1 is 1.06 bits per heavy atom. The number of ether oxygens (including phenoxy) is 1. The van der Waals surface area contributed by atoms with Crippen molar-refractivity contribution in [2.75, 3.05) is 6.61 Å². The van der Waals surface area contributed by atoms with Gasteiger partial charge in [0.2, 0.25) is 0 Å². The molecule has 0 bridgehead atoms. The average Bonchev–Trinajstić information content (AvgIpc) is 2.40. The Morgan fingerprint density at radius 2 is 1.82 bits per heavy atom. The molecular weight excluding hydrogens is 208 g/mol. The van der Waals surface area contributed by atoms with Crippen LogP contribution in [0.4, 0.5) is 0 Å². The fraction of sp³-hybridized carbons (Fsp3) is 0.250. The molecule has 0 aliphatic heterocycles. The highest BCUT2D eigenvalue weighted by Crippen LogP contribution is 2.29. The van der Waals surface area contributed by atoms with Gasteiger partial charge in [0.1, 0.15) is 5.75 Å². The lowest BCUT2D eigenvalue weighted by molar-refractivity contribution is 0.341. The summed E-state index contributed by atoms with van der Waals surface area (Å²) in [5, 5.41) is 0. The number of rotatable bonds is 4. The van der Waals surface area contributed by atoms with Crippen LogP contribution < -0.4 is 4.74 Å². The third-order valence-corrected chi connectivity index (χ3v) is 2.80. The van der Waals surface area contributed by atoms with Gasteiger partial charge in [-0.1, -0.05) is 43.3 Å². The van der Waals surface area contributed by atoms with Crippen molar-refractivity contribution in [1.82, 2.24) is 0 Å². The largest absolute Gasteiger partial charge is 0.493 e. The van der Waals surface area contributed by atoms with Gasteiger partial charge in [-0.3, -0.25) is 0 Å². The second kappa shape index (κ2) is 5.53. The van der Waals surface area contributed by atoms with E-state index in [2.05, 4.69) is 37.3 Å². The summed E-state index contributed by atoms with van der Waals surface area (Å²) in [6, 6.07) is 17.6. The Bertz CT molecular complexity index is 471. The van der Waals surface area contributed by atoms with Crippen molar-refractivity contribution in [3.05, 3.63) is 54.1 Å². The molecule has 0 atom stereocenters. The topological polar surface area (TPSA) is 9.23 Å². The van der Waals surface area contributed by atoms with Crippen LogP contribution in [0.5, 0.6) is 5.75 Å². The van der Waals surface area contributed by atoms with Gasteiger partial charge in [0.25, 0.3) is 0 Å². The molecule has 0 saturated heterocycles. The Morgan fingerprint density at radius 3 is 2.47 bits per heavy atom. The van der Waals surface area contributed by atoms with Crippen LogP contribution in [0.1, 0.15) is 19.4 Å². The van der Waals surface area contributed by atoms with Crippen LogP contribution in [0.25, 0.3) is 11.1 Å². The van der Waals surface area contributed by atoms with E-state index in [0.717, 1.165) is 17.7 Å². The van der Waals surface area contributed by atoms with E-state index in [0.29, 0.717) is 6.61 Å². The summed E-state index contributed by atoms with van der Waals surface area (Å²) in [5.41, 5.74) is 3.68.